The van der Waals surface area contributed by atoms with Crippen molar-refractivity contribution in [2.24, 2.45) is 0 Å². The topological polar surface area (TPSA) is 66.2 Å². The van der Waals surface area contributed by atoms with Crippen molar-refractivity contribution in [1.82, 2.24) is 9.97 Å². The van der Waals surface area contributed by atoms with E-state index in [-0.39, 0.29) is 35.6 Å². The highest BCUT2D eigenvalue weighted by molar-refractivity contribution is 6.58. The van der Waals surface area contributed by atoms with Crippen molar-refractivity contribution in [3.8, 4) is 0 Å². The maximum atomic E-state index is 8.55. The molecule has 0 radical (unpaired) electrons. The highest BCUT2D eigenvalue weighted by Crippen LogP contribution is 1.92. The second kappa shape index (κ2) is 6.45. The standard InChI is InChI=1S/C4H4BClN2O2.2ClH/c6-4-7-1-3(2-8-4)5(9)10;;/h1-2,9-10H;2*1H. The van der Waals surface area contributed by atoms with Gasteiger partial charge in [0.25, 0.3) is 0 Å². The number of hydrogen-bond acceptors (Lipinski definition) is 4. The summed E-state index contributed by atoms with van der Waals surface area (Å²) in [6.07, 6.45) is 2.50. The van der Waals surface area contributed by atoms with E-state index in [1.54, 1.807) is 0 Å². The highest BCUT2D eigenvalue weighted by atomic mass is 35.5. The van der Waals surface area contributed by atoms with Crippen LogP contribution in [0.1, 0.15) is 0 Å². The normalized spacial score (nSPS) is 7.92. The maximum absolute atomic E-state index is 8.55. The summed E-state index contributed by atoms with van der Waals surface area (Å²) in [4.78, 5) is 7.07. The van der Waals surface area contributed by atoms with Crippen molar-refractivity contribution >= 4 is 49.0 Å². The lowest BCUT2D eigenvalue weighted by molar-refractivity contribution is 0.425. The summed E-state index contributed by atoms with van der Waals surface area (Å²) in [5.41, 5.74) is 0.226. The van der Waals surface area contributed by atoms with Crippen LogP contribution in [-0.2, 0) is 0 Å². The molecule has 0 aliphatic rings. The molecule has 8 heteroatoms. The van der Waals surface area contributed by atoms with Crippen LogP contribution in [0.2, 0.25) is 5.28 Å². The zero-order valence-electron chi connectivity index (χ0n) is 5.72. The summed E-state index contributed by atoms with van der Waals surface area (Å²) in [5.74, 6) is 0. The van der Waals surface area contributed by atoms with E-state index in [1.807, 2.05) is 0 Å². The lowest BCUT2D eigenvalue weighted by Gasteiger charge is -1.94. The predicted molar refractivity (Wildman–Crippen MR) is 51.4 cm³/mol. The Bertz CT molecular complexity index is 220. The molecule has 4 nitrogen and oxygen atoms in total. The summed E-state index contributed by atoms with van der Waals surface area (Å²) in [7, 11) is -1.53. The Morgan fingerprint density at radius 1 is 1.17 bits per heavy atom. The summed E-state index contributed by atoms with van der Waals surface area (Å²) < 4.78 is 0. The van der Waals surface area contributed by atoms with Gasteiger partial charge in [0.15, 0.2) is 0 Å². The second-order valence-corrected chi connectivity index (χ2v) is 2.00. The molecule has 12 heavy (non-hydrogen) atoms. The molecule has 0 unspecified atom stereocenters. The number of rotatable bonds is 1. The second-order valence-electron chi connectivity index (χ2n) is 1.66. The molecule has 0 saturated heterocycles. The van der Waals surface area contributed by atoms with Gasteiger partial charge in [-0.1, -0.05) is 0 Å². The van der Waals surface area contributed by atoms with Gasteiger partial charge in [-0.15, -0.1) is 24.8 Å². The van der Waals surface area contributed by atoms with Gasteiger partial charge in [0, 0.05) is 17.9 Å². The molecular formula is C4H6BCl3N2O2. The van der Waals surface area contributed by atoms with Crippen LogP contribution in [0.15, 0.2) is 12.4 Å². The zero-order valence-corrected chi connectivity index (χ0v) is 8.10. The molecule has 0 bridgehead atoms. The van der Waals surface area contributed by atoms with Crippen molar-refractivity contribution in [2.75, 3.05) is 0 Å². The van der Waals surface area contributed by atoms with Gasteiger partial charge in [-0.25, -0.2) is 9.97 Å². The Balaban J connectivity index is 0. The Kier molecular flexibility index (Phi) is 7.77. The first-order chi connectivity index (χ1) is 4.70. The summed E-state index contributed by atoms with van der Waals surface area (Å²) in [6.45, 7) is 0. The Labute approximate surface area is 87.0 Å². The van der Waals surface area contributed by atoms with Crippen LogP contribution in [0, 0.1) is 0 Å². The predicted octanol–water partition coefficient (Wildman–Crippen LogP) is -0.347. The fourth-order valence-corrected chi connectivity index (χ4v) is 0.553. The smallest absolute Gasteiger partial charge is 0.423 e. The molecular weight excluding hydrogens is 225 g/mol. The van der Waals surface area contributed by atoms with Crippen molar-refractivity contribution in [3.63, 3.8) is 0 Å². The first-order valence-electron chi connectivity index (χ1n) is 2.54. The molecule has 1 aromatic rings. The Morgan fingerprint density at radius 3 is 1.92 bits per heavy atom. The quantitative estimate of drug-likeness (QED) is 0.512. The van der Waals surface area contributed by atoms with E-state index in [1.165, 1.54) is 12.4 Å². The highest BCUT2D eigenvalue weighted by Gasteiger charge is 2.10. The average molecular weight is 231 g/mol. The van der Waals surface area contributed by atoms with Gasteiger partial charge in [-0.3, -0.25) is 0 Å². The Morgan fingerprint density at radius 2 is 1.58 bits per heavy atom. The van der Waals surface area contributed by atoms with Crippen LogP contribution in [0.25, 0.3) is 0 Å². The third-order valence-corrected chi connectivity index (χ3v) is 1.13. The van der Waals surface area contributed by atoms with Crippen molar-refractivity contribution in [1.29, 1.82) is 0 Å². The van der Waals surface area contributed by atoms with E-state index in [0.29, 0.717) is 0 Å². The number of halogens is 3. The van der Waals surface area contributed by atoms with Crippen LogP contribution >= 0.6 is 36.4 Å². The van der Waals surface area contributed by atoms with Crippen molar-refractivity contribution < 1.29 is 10.0 Å². The van der Waals surface area contributed by atoms with Gasteiger partial charge in [0.2, 0.25) is 5.28 Å². The molecule has 1 rings (SSSR count). The fourth-order valence-electron chi connectivity index (χ4n) is 0.456. The molecule has 1 aromatic heterocycles. The summed E-state index contributed by atoms with van der Waals surface area (Å²) in [5, 5.41) is 17.2. The fraction of sp³-hybridized carbons (Fsp3) is 0. The van der Waals surface area contributed by atoms with E-state index in [9.17, 15) is 0 Å². The third-order valence-electron chi connectivity index (χ3n) is 0.938. The molecule has 2 N–H and O–H groups in total. The van der Waals surface area contributed by atoms with E-state index >= 15 is 0 Å². The largest absolute Gasteiger partial charge is 0.491 e. The lowest BCUT2D eigenvalue weighted by Crippen LogP contribution is -2.30. The van der Waals surface area contributed by atoms with Crippen molar-refractivity contribution in [2.45, 2.75) is 0 Å². The average Bonchev–Trinajstić information content (AvgIpc) is 1.88. The molecule has 0 aliphatic carbocycles. The first-order valence-corrected chi connectivity index (χ1v) is 2.91. The third kappa shape index (κ3) is 4.08. The molecule has 0 aromatic carbocycles. The van der Waals surface area contributed by atoms with Crippen LogP contribution < -0.4 is 5.46 Å². The van der Waals surface area contributed by atoms with E-state index in [2.05, 4.69) is 9.97 Å². The number of hydrogen-bond donors (Lipinski definition) is 2. The van der Waals surface area contributed by atoms with Gasteiger partial charge < -0.3 is 10.0 Å². The van der Waals surface area contributed by atoms with E-state index in [0.717, 1.165) is 0 Å². The minimum atomic E-state index is -1.53. The molecule has 0 saturated carbocycles. The SMILES string of the molecule is Cl.Cl.OB(O)c1cnc(Cl)nc1. The van der Waals surface area contributed by atoms with Crippen LogP contribution in [-0.4, -0.2) is 27.1 Å². The molecule has 0 amide bonds. The first kappa shape index (κ1) is 14.5. The minimum absolute atomic E-state index is 0. The van der Waals surface area contributed by atoms with Crippen molar-refractivity contribution in [3.05, 3.63) is 17.7 Å². The van der Waals surface area contributed by atoms with Gasteiger partial charge in [0.05, 0.1) is 0 Å². The van der Waals surface area contributed by atoms with Gasteiger partial charge in [0.1, 0.15) is 0 Å². The minimum Gasteiger partial charge on any atom is -0.423 e. The molecule has 68 valence electrons. The van der Waals surface area contributed by atoms with Gasteiger partial charge in [-0.2, -0.15) is 0 Å². The molecule has 0 spiro atoms. The van der Waals surface area contributed by atoms with Gasteiger partial charge in [-0.05, 0) is 11.6 Å². The molecule has 0 fully saturated rings. The summed E-state index contributed by atoms with van der Waals surface area (Å²) in [6, 6.07) is 0. The number of nitrogens with zero attached hydrogens (tertiary/aromatic N) is 2. The van der Waals surface area contributed by atoms with E-state index in [4.69, 9.17) is 21.6 Å². The lowest BCUT2D eigenvalue weighted by atomic mass is 9.83. The molecule has 0 atom stereocenters. The Hall–Kier alpha value is -0.0651. The van der Waals surface area contributed by atoms with Gasteiger partial charge >= 0.3 is 7.12 Å². The van der Waals surface area contributed by atoms with Crippen LogP contribution in [0.4, 0.5) is 0 Å². The zero-order chi connectivity index (χ0) is 7.56. The number of aromatic nitrogens is 2. The van der Waals surface area contributed by atoms with Crippen LogP contribution in [0.5, 0.6) is 0 Å². The van der Waals surface area contributed by atoms with Crippen LogP contribution in [0.3, 0.4) is 0 Å². The monoisotopic (exact) mass is 230 g/mol. The maximum Gasteiger partial charge on any atom is 0.491 e. The summed E-state index contributed by atoms with van der Waals surface area (Å²) >= 11 is 5.33. The molecule has 1 heterocycles. The molecule has 0 aliphatic heterocycles. The van der Waals surface area contributed by atoms with E-state index < -0.39 is 7.12 Å².